The first-order valence-electron chi connectivity index (χ1n) is 12.3. The van der Waals surface area contributed by atoms with Gasteiger partial charge >= 0.3 is 0 Å². The SMILES string of the molecule is Cc1ccc(S(=O)(=O)N2CCC[C@H]2C(=O)N(C)C2CCOC(C)C2)c(N2[C@@H](C)COC[C@@H]2C)n1. The molecule has 0 radical (unpaired) electrons. The lowest BCUT2D eigenvalue weighted by atomic mass is 10.0. The van der Waals surface area contributed by atoms with Crippen LogP contribution in [0.25, 0.3) is 0 Å². The summed E-state index contributed by atoms with van der Waals surface area (Å²) >= 11 is 0. The number of carbonyl (C=O) groups is 1. The summed E-state index contributed by atoms with van der Waals surface area (Å²) in [5.41, 5.74) is 0.752. The van der Waals surface area contributed by atoms with Crippen LogP contribution in [0, 0.1) is 6.92 Å². The molecule has 3 aliphatic rings. The number of nitrogens with zero attached hydrogens (tertiary/aromatic N) is 4. The number of carbonyl (C=O) groups excluding carboxylic acids is 1. The van der Waals surface area contributed by atoms with Gasteiger partial charge in [-0.05, 0) is 65.5 Å². The quantitative estimate of drug-likeness (QED) is 0.620. The summed E-state index contributed by atoms with van der Waals surface area (Å²) in [7, 11) is -2.14. The summed E-state index contributed by atoms with van der Waals surface area (Å²) in [6.07, 6.45) is 2.81. The minimum Gasteiger partial charge on any atom is -0.378 e. The number of aromatic nitrogens is 1. The largest absolute Gasteiger partial charge is 0.378 e. The van der Waals surface area contributed by atoms with Crippen LogP contribution in [-0.4, -0.2) is 92.2 Å². The van der Waals surface area contributed by atoms with Crippen molar-refractivity contribution in [2.75, 3.05) is 38.3 Å². The van der Waals surface area contributed by atoms with Gasteiger partial charge in [-0.3, -0.25) is 4.79 Å². The van der Waals surface area contributed by atoms with Crippen molar-refractivity contribution in [1.82, 2.24) is 14.2 Å². The molecule has 1 aromatic heterocycles. The fraction of sp³-hybridized carbons (Fsp3) is 0.750. The molecule has 1 aromatic rings. The summed E-state index contributed by atoms with van der Waals surface area (Å²) in [6, 6.07) is 2.73. The molecule has 190 valence electrons. The Morgan fingerprint density at radius 3 is 2.53 bits per heavy atom. The maximum Gasteiger partial charge on any atom is 0.247 e. The van der Waals surface area contributed by atoms with Crippen molar-refractivity contribution >= 4 is 21.7 Å². The standard InChI is InChI=1S/C24H38N4O5S/c1-16-8-9-22(23(25-16)28-17(2)14-32-15-18(28)3)34(30,31)27-11-6-7-21(27)24(29)26(5)20-10-12-33-19(4)13-20/h8-9,17-21H,6-7,10-15H2,1-5H3/t17-,18-,19?,20?,21-/m0/s1. The predicted molar refractivity (Wildman–Crippen MR) is 129 cm³/mol. The molecule has 3 saturated heterocycles. The molecule has 4 rings (SSSR count). The molecular weight excluding hydrogens is 456 g/mol. The highest BCUT2D eigenvalue weighted by molar-refractivity contribution is 7.89. The monoisotopic (exact) mass is 494 g/mol. The van der Waals surface area contributed by atoms with E-state index in [4.69, 9.17) is 9.47 Å². The summed E-state index contributed by atoms with van der Waals surface area (Å²) < 4.78 is 40.7. The summed E-state index contributed by atoms with van der Waals surface area (Å²) in [5.74, 6) is 0.322. The molecule has 3 aliphatic heterocycles. The zero-order chi connectivity index (χ0) is 24.6. The van der Waals surface area contributed by atoms with E-state index in [0.29, 0.717) is 45.0 Å². The minimum atomic E-state index is -3.94. The molecule has 0 bridgehead atoms. The highest BCUT2D eigenvalue weighted by atomic mass is 32.2. The molecule has 0 N–H and O–H groups in total. The van der Waals surface area contributed by atoms with Crippen LogP contribution in [0.2, 0.25) is 0 Å². The minimum absolute atomic E-state index is 0.00958. The Bertz CT molecular complexity index is 993. The third-order valence-corrected chi connectivity index (χ3v) is 9.25. The van der Waals surface area contributed by atoms with Gasteiger partial charge in [-0.15, -0.1) is 0 Å². The molecular formula is C24H38N4O5S. The smallest absolute Gasteiger partial charge is 0.247 e. The van der Waals surface area contributed by atoms with E-state index in [1.165, 1.54) is 4.31 Å². The highest BCUT2D eigenvalue weighted by Gasteiger charge is 2.44. The van der Waals surface area contributed by atoms with Crippen molar-refractivity contribution in [2.24, 2.45) is 0 Å². The number of ether oxygens (including phenoxy) is 2. The van der Waals surface area contributed by atoms with E-state index in [-0.39, 0.29) is 35.0 Å². The normalized spacial score (nSPS) is 31.0. The van der Waals surface area contributed by atoms with Gasteiger partial charge in [-0.1, -0.05) is 0 Å². The first-order chi connectivity index (χ1) is 16.1. The van der Waals surface area contributed by atoms with Crippen LogP contribution in [0.15, 0.2) is 17.0 Å². The molecule has 0 spiro atoms. The van der Waals surface area contributed by atoms with Gasteiger partial charge in [0.15, 0.2) is 0 Å². The summed E-state index contributed by atoms with van der Waals surface area (Å²) in [4.78, 5) is 22.2. The van der Waals surface area contributed by atoms with Gasteiger partial charge < -0.3 is 19.3 Å². The maximum absolute atomic E-state index is 14.0. The van der Waals surface area contributed by atoms with Crippen molar-refractivity contribution in [1.29, 1.82) is 0 Å². The molecule has 4 heterocycles. The number of anilines is 1. The van der Waals surface area contributed by atoms with E-state index >= 15 is 0 Å². The summed E-state index contributed by atoms with van der Waals surface area (Å²) in [6.45, 7) is 9.88. The Labute approximate surface area is 203 Å². The number of amides is 1. The Balaban J connectivity index is 1.64. The van der Waals surface area contributed by atoms with Crippen LogP contribution >= 0.6 is 0 Å². The van der Waals surface area contributed by atoms with E-state index in [1.54, 1.807) is 24.1 Å². The number of pyridine rings is 1. The van der Waals surface area contributed by atoms with Gasteiger partial charge in [0, 0.05) is 31.9 Å². The molecule has 0 aromatic carbocycles. The lowest BCUT2D eigenvalue weighted by Gasteiger charge is -2.41. The van der Waals surface area contributed by atoms with Crippen LogP contribution in [-0.2, 0) is 24.3 Å². The third-order valence-electron chi connectivity index (χ3n) is 7.32. The van der Waals surface area contributed by atoms with Crippen LogP contribution in [0.4, 0.5) is 5.82 Å². The Morgan fingerprint density at radius 2 is 1.85 bits per heavy atom. The molecule has 0 saturated carbocycles. The highest BCUT2D eigenvalue weighted by Crippen LogP contribution is 2.35. The van der Waals surface area contributed by atoms with Crippen LogP contribution < -0.4 is 4.90 Å². The average Bonchev–Trinajstić information content (AvgIpc) is 3.29. The molecule has 5 atom stereocenters. The van der Waals surface area contributed by atoms with Gasteiger partial charge in [0.05, 0.1) is 31.4 Å². The fourth-order valence-corrected chi connectivity index (χ4v) is 7.25. The molecule has 1 amide bonds. The molecule has 34 heavy (non-hydrogen) atoms. The van der Waals surface area contributed by atoms with E-state index in [0.717, 1.165) is 18.5 Å². The molecule has 10 heteroatoms. The second-order valence-electron chi connectivity index (χ2n) is 10.00. The zero-order valence-corrected chi connectivity index (χ0v) is 21.8. The Morgan fingerprint density at radius 1 is 1.15 bits per heavy atom. The molecule has 0 aliphatic carbocycles. The maximum atomic E-state index is 14.0. The first kappa shape index (κ1) is 25.3. The molecule has 2 unspecified atom stereocenters. The van der Waals surface area contributed by atoms with Gasteiger partial charge in [-0.25, -0.2) is 13.4 Å². The zero-order valence-electron chi connectivity index (χ0n) is 20.9. The summed E-state index contributed by atoms with van der Waals surface area (Å²) in [5, 5.41) is 0. The second kappa shape index (κ2) is 10.1. The Hall–Kier alpha value is -1.75. The van der Waals surface area contributed by atoms with Crippen LogP contribution in [0.1, 0.15) is 52.1 Å². The number of likely N-dealkylation sites (N-methyl/N-ethyl adjacent to an activating group) is 1. The van der Waals surface area contributed by atoms with Gasteiger partial charge in [0.1, 0.15) is 16.8 Å². The van der Waals surface area contributed by atoms with E-state index in [9.17, 15) is 13.2 Å². The topological polar surface area (TPSA) is 92.3 Å². The van der Waals surface area contributed by atoms with Crippen molar-refractivity contribution in [2.45, 2.75) is 88.5 Å². The number of rotatable bonds is 5. The Kier molecular flexibility index (Phi) is 7.52. The number of morpholine rings is 1. The predicted octanol–water partition coefficient (Wildman–Crippen LogP) is 2.18. The molecule has 3 fully saturated rings. The van der Waals surface area contributed by atoms with Crippen LogP contribution in [0.3, 0.4) is 0 Å². The lowest BCUT2D eigenvalue weighted by molar-refractivity contribution is -0.138. The van der Waals surface area contributed by atoms with E-state index in [2.05, 4.69) is 4.98 Å². The van der Waals surface area contributed by atoms with Gasteiger partial charge in [-0.2, -0.15) is 4.31 Å². The molecule has 9 nitrogen and oxygen atoms in total. The third kappa shape index (κ3) is 4.82. The van der Waals surface area contributed by atoms with E-state index < -0.39 is 16.1 Å². The number of hydrogen-bond acceptors (Lipinski definition) is 7. The number of hydrogen-bond donors (Lipinski definition) is 0. The van der Waals surface area contributed by atoms with Crippen LogP contribution in [0.5, 0.6) is 0 Å². The van der Waals surface area contributed by atoms with E-state index in [1.807, 2.05) is 32.6 Å². The van der Waals surface area contributed by atoms with Crippen molar-refractivity contribution in [3.05, 3.63) is 17.8 Å². The van der Waals surface area contributed by atoms with Crippen molar-refractivity contribution in [3.8, 4) is 0 Å². The number of aryl methyl sites for hydroxylation is 1. The van der Waals surface area contributed by atoms with Crippen molar-refractivity contribution < 1.29 is 22.7 Å². The van der Waals surface area contributed by atoms with Gasteiger partial charge in [0.2, 0.25) is 15.9 Å². The fourth-order valence-electron chi connectivity index (χ4n) is 5.48. The lowest BCUT2D eigenvalue weighted by Crippen LogP contribution is -2.52. The van der Waals surface area contributed by atoms with Crippen molar-refractivity contribution in [3.63, 3.8) is 0 Å². The second-order valence-corrected chi connectivity index (χ2v) is 11.9. The average molecular weight is 495 g/mol. The van der Waals surface area contributed by atoms with Gasteiger partial charge in [0.25, 0.3) is 0 Å². The number of sulfonamides is 1. The first-order valence-corrected chi connectivity index (χ1v) is 13.8.